The Labute approximate surface area is 105 Å². The summed E-state index contributed by atoms with van der Waals surface area (Å²) in [5, 5.41) is 2.74. The van der Waals surface area contributed by atoms with Crippen LogP contribution in [0.4, 0.5) is 19.0 Å². The Bertz CT molecular complexity index is 403. The molecule has 1 fully saturated rings. The van der Waals surface area contributed by atoms with Crippen LogP contribution in [-0.4, -0.2) is 11.5 Å². The molecule has 0 aliphatic heterocycles. The number of aromatic nitrogens is 1. The van der Waals surface area contributed by atoms with E-state index in [1.807, 2.05) is 0 Å². The normalized spacial score (nSPS) is 16.8. The number of hydrogen-bond donors (Lipinski definition) is 1. The van der Waals surface area contributed by atoms with Gasteiger partial charge in [-0.3, -0.25) is 0 Å². The van der Waals surface area contributed by atoms with Crippen molar-refractivity contribution in [2.75, 3.05) is 11.9 Å². The molecule has 18 heavy (non-hydrogen) atoms. The van der Waals surface area contributed by atoms with Gasteiger partial charge in [0.1, 0.15) is 0 Å². The van der Waals surface area contributed by atoms with Crippen LogP contribution in [0.5, 0.6) is 0 Å². The van der Waals surface area contributed by atoms with E-state index in [1.165, 1.54) is 32.1 Å². The van der Waals surface area contributed by atoms with Gasteiger partial charge in [0.2, 0.25) is 0 Å². The van der Waals surface area contributed by atoms with E-state index in [0.29, 0.717) is 18.5 Å². The standard InChI is InChI=1S/C13H17F3N2/c14-10-8-11(15)13(18-12(10)16)17-7-6-9-4-2-1-3-5-9/h8-9H,1-7H2,(H,17,18). The van der Waals surface area contributed by atoms with Gasteiger partial charge in [0.15, 0.2) is 17.5 Å². The van der Waals surface area contributed by atoms with Crippen LogP contribution < -0.4 is 5.32 Å². The maximum Gasteiger partial charge on any atom is 0.251 e. The molecule has 0 atom stereocenters. The summed E-state index contributed by atoms with van der Waals surface area (Å²) in [6.07, 6.45) is 7.12. The first-order valence-electron chi connectivity index (χ1n) is 6.42. The Morgan fingerprint density at radius 1 is 1.11 bits per heavy atom. The van der Waals surface area contributed by atoms with E-state index < -0.39 is 17.6 Å². The molecule has 0 unspecified atom stereocenters. The fraction of sp³-hybridized carbons (Fsp3) is 0.615. The monoisotopic (exact) mass is 258 g/mol. The molecule has 0 radical (unpaired) electrons. The van der Waals surface area contributed by atoms with Gasteiger partial charge in [-0.05, 0) is 12.3 Å². The van der Waals surface area contributed by atoms with E-state index in [-0.39, 0.29) is 5.82 Å². The van der Waals surface area contributed by atoms with Crippen molar-refractivity contribution in [2.24, 2.45) is 5.92 Å². The Kier molecular flexibility index (Phi) is 4.44. The van der Waals surface area contributed by atoms with Crippen LogP contribution in [0.1, 0.15) is 38.5 Å². The van der Waals surface area contributed by atoms with Crippen molar-refractivity contribution in [2.45, 2.75) is 38.5 Å². The molecule has 1 aromatic rings. The minimum Gasteiger partial charge on any atom is -0.368 e. The van der Waals surface area contributed by atoms with Crippen LogP contribution >= 0.6 is 0 Å². The van der Waals surface area contributed by atoms with E-state index in [0.717, 1.165) is 6.42 Å². The molecule has 0 aromatic carbocycles. The molecule has 0 bridgehead atoms. The number of halogens is 3. The van der Waals surface area contributed by atoms with Gasteiger partial charge in [-0.25, -0.2) is 8.78 Å². The number of rotatable bonds is 4. The summed E-state index contributed by atoms with van der Waals surface area (Å²) in [7, 11) is 0. The van der Waals surface area contributed by atoms with Crippen LogP contribution in [0.3, 0.4) is 0 Å². The van der Waals surface area contributed by atoms with Gasteiger partial charge >= 0.3 is 0 Å². The average Bonchev–Trinajstić information content (AvgIpc) is 2.37. The van der Waals surface area contributed by atoms with Crippen molar-refractivity contribution in [3.05, 3.63) is 23.6 Å². The highest BCUT2D eigenvalue weighted by Gasteiger charge is 2.14. The molecular weight excluding hydrogens is 241 g/mol. The second kappa shape index (κ2) is 6.07. The van der Waals surface area contributed by atoms with Crippen LogP contribution in [0, 0.1) is 23.5 Å². The van der Waals surface area contributed by atoms with Gasteiger partial charge in [0, 0.05) is 12.6 Å². The van der Waals surface area contributed by atoms with E-state index >= 15 is 0 Å². The van der Waals surface area contributed by atoms with Crippen molar-refractivity contribution in [1.29, 1.82) is 0 Å². The highest BCUT2D eigenvalue weighted by molar-refractivity contribution is 5.35. The topological polar surface area (TPSA) is 24.9 Å². The molecule has 0 spiro atoms. The summed E-state index contributed by atoms with van der Waals surface area (Å²) < 4.78 is 38.8. The Morgan fingerprint density at radius 2 is 1.83 bits per heavy atom. The first-order chi connectivity index (χ1) is 8.66. The second-order valence-corrected chi connectivity index (χ2v) is 4.81. The first-order valence-corrected chi connectivity index (χ1v) is 6.42. The lowest BCUT2D eigenvalue weighted by molar-refractivity contribution is 0.345. The van der Waals surface area contributed by atoms with Gasteiger partial charge < -0.3 is 5.32 Å². The largest absolute Gasteiger partial charge is 0.368 e. The van der Waals surface area contributed by atoms with Crippen LogP contribution in [0.2, 0.25) is 0 Å². The predicted molar refractivity (Wildman–Crippen MR) is 63.8 cm³/mol. The summed E-state index contributed by atoms with van der Waals surface area (Å²) in [4.78, 5) is 3.23. The van der Waals surface area contributed by atoms with Crippen molar-refractivity contribution in [3.63, 3.8) is 0 Å². The highest BCUT2D eigenvalue weighted by Crippen LogP contribution is 2.26. The third-order valence-corrected chi connectivity index (χ3v) is 3.46. The maximum atomic E-state index is 13.3. The molecule has 1 aliphatic carbocycles. The smallest absolute Gasteiger partial charge is 0.251 e. The average molecular weight is 258 g/mol. The zero-order valence-electron chi connectivity index (χ0n) is 10.2. The highest BCUT2D eigenvalue weighted by atomic mass is 19.2. The summed E-state index contributed by atoms with van der Waals surface area (Å²) in [6, 6.07) is 0.519. The minimum absolute atomic E-state index is 0.204. The van der Waals surface area contributed by atoms with Gasteiger partial charge in [-0.2, -0.15) is 9.37 Å². The fourth-order valence-corrected chi connectivity index (χ4v) is 2.44. The van der Waals surface area contributed by atoms with Crippen molar-refractivity contribution in [3.8, 4) is 0 Å². The Balaban J connectivity index is 1.84. The zero-order valence-corrected chi connectivity index (χ0v) is 10.2. The lowest BCUT2D eigenvalue weighted by Gasteiger charge is -2.21. The van der Waals surface area contributed by atoms with Gasteiger partial charge in [0.05, 0.1) is 0 Å². The Morgan fingerprint density at radius 3 is 2.56 bits per heavy atom. The molecule has 1 saturated carbocycles. The van der Waals surface area contributed by atoms with E-state index in [4.69, 9.17) is 0 Å². The molecule has 0 amide bonds. The maximum absolute atomic E-state index is 13.3. The quantitative estimate of drug-likeness (QED) is 0.829. The number of pyridine rings is 1. The number of hydrogen-bond acceptors (Lipinski definition) is 2. The third-order valence-electron chi connectivity index (χ3n) is 3.46. The number of anilines is 1. The van der Waals surface area contributed by atoms with E-state index in [2.05, 4.69) is 10.3 Å². The van der Waals surface area contributed by atoms with Gasteiger partial charge in [-0.1, -0.05) is 32.1 Å². The van der Waals surface area contributed by atoms with Crippen LogP contribution in [0.25, 0.3) is 0 Å². The molecule has 1 aromatic heterocycles. The summed E-state index contributed by atoms with van der Waals surface area (Å²) in [6.45, 7) is 0.541. The summed E-state index contributed by atoms with van der Waals surface area (Å²) in [5.74, 6) is -2.93. The summed E-state index contributed by atoms with van der Waals surface area (Å²) >= 11 is 0. The lowest BCUT2D eigenvalue weighted by Crippen LogP contribution is -2.14. The van der Waals surface area contributed by atoms with Crippen LogP contribution in [0.15, 0.2) is 6.07 Å². The van der Waals surface area contributed by atoms with E-state index in [9.17, 15) is 13.2 Å². The molecule has 1 N–H and O–H groups in total. The number of nitrogens with one attached hydrogen (secondary N) is 1. The Hall–Kier alpha value is -1.26. The van der Waals surface area contributed by atoms with Crippen molar-refractivity contribution in [1.82, 2.24) is 4.98 Å². The molecular formula is C13H17F3N2. The molecule has 1 aliphatic rings. The molecule has 1 heterocycles. The third kappa shape index (κ3) is 3.37. The minimum atomic E-state index is -1.27. The number of nitrogens with zero attached hydrogens (tertiary/aromatic N) is 1. The zero-order chi connectivity index (χ0) is 13.0. The molecule has 0 saturated heterocycles. The SMILES string of the molecule is Fc1cc(F)c(NCCC2CCCCC2)nc1F. The fourth-order valence-electron chi connectivity index (χ4n) is 2.44. The predicted octanol–water partition coefficient (Wildman–Crippen LogP) is 3.88. The van der Waals surface area contributed by atoms with Crippen molar-refractivity contribution < 1.29 is 13.2 Å². The van der Waals surface area contributed by atoms with Gasteiger partial charge in [-0.15, -0.1) is 0 Å². The first kappa shape index (κ1) is 13.2. The molecule has 5 heteroatoms. The van der Waals surface area contributed by atoms with Crippen molar-refractivity contribution >= 4 is 5.82 Å². The molecule has 2 rings (SSSR count). The van der Waals surface area contributed by atoms with Crippen LogP contribution in [-0.2, 0) is 0 Å². The molecule has 2 nitrogen and oxygen atoms in total. The second-order valence-electron chi connectivity index (χ2n) is 4.81. The van der Waals surface area contributed by atoms with E-state index in [1.54, 1.807) is 0 Å². The lowest BCUT2D eigenvalue weighted by atomic mass is 9.87. The van der Waals surface area contributed by atoms with Gasteiger partial charge in [0.25, 0.3) is 5.95 Å². The molecule has 100 valence electrons. The summed E-state index contributed by atoms with van der Waals surface area (Å²) in [5.41, 5.74) is 0.